The van der Waals surface area contributed by atoms with Gasteiger partial charge in [0.15, 0.2) is 0 Å². The maximum absolute atomic E-state index is 6.67. The van der Waals surface area contributed by atoms with E-state index in [0.717, 1.165) is 23.5 Å². The molecule has 0 spiro atoms. The van der Waals surface area contributed by atoms with Gasteiger partial charge in [0.05, 0.1) is 4.21 Å². The molecular formula is C16H23NS2. The van der Waals surface area contributed by atoms with E-state index in [9.17, 15) is 0 Å². The van der Waals surface area contributed by atoms with Crippen LogP contribution in [0.1, 0.15) is 38.5 Å². The van der Waals surface area contributed by atoms with E-state index in [2.05, 4.69) is 17.5 Å². The van der Waals surface area contributed by atoms with E-state index in [4.69, 9.17) is 5.73 Å². The highest BCUT2D eigenvalue weighted by atomic mass is 32.2. The van der Waals surface area contributed by atoms with E-state index in [1.165, 1.54) is 42.7 Å². The summed E-state index contributed by atoms with van der Waals surface area (Å²) >= 11 is 3.83. The maximum atomic E-state index is 6.67. The van der Waals surface area contributed by atoms with E-state index in [0.29, 0.717) is 11.5 Å². The van der Waals surface area contributed by atoms with E-state index < -0.39 is 0 Å². The molecule has 0 radical (unpaired) electrons. The van der Waals surface area contributed by atoms with Crippen molar-refractivity contribution in [1.82, 2.24) is 0 Å². The van der Waals surface area contributed by atoms with Crippen molar-refractivity contribution in [3.63, 3.8) is 0 Å². The molecule has 3 heteroatoms. The quantitative estimate of drug-likeness (QED) is 0.834. The summed E-state index contributed by atoms with van der Waals surface area (Å²) in [7, 11) is 0. The molecule has 1 aromatic heterocycles. The third-order valence-corrected chi connectivity index (χ3v) is 8.02. The lowest BCUT2D eigenvalue weighted by Crippen LogP contribution is -2.55. The normalized spacial score (nSPS) is 41.6. The van der Waals surface area contributed by atoms with Crippen LogP contribution in [0, 0.1) is 23.2 Å². The third-order valence-electron chi connectivity index (χ3n) is 5.77. The van der Waals surface area contributed by atoms with Gasteiger partial charge in [-0.15, -0.1) is 23.1 Å². The van der Waals surface area contributed by atoms with E-state index in [1.807, 2.05) is 23.1 Å². The first-order valence-corrected chi connectivity index (χ1v) is 9.52. The second kappa shape index (κ2) is 4.78. The Morgan fingerprint density at radius 1 is 1.21 bits per heavy atom. The van der Waals surface area contributed by atoms with Crippen LogP contribution >= 0.6 is 23.1 Å². The van der Waals surface area contributed by atoms with Crippen LogP contribution in [0.15, 0.2) is 21.7 Å². The van der Waals surface area contributed by atoms with Crippen LogP contribution in [-0.2, 0) is 0 Å². The van der Waals surface area contributed by atoms with Gasteiger partial charge in [0.2, 0.25) is 0 Å². The average Bonchev–Trinajstić information content (AvgIpc) is 2.87. The highest BCUT2D eigenvalue weighted by Crippen LogP contribution is 2.61. The van der Waals surface area contributed by atoms with Crippen molar-refractivity contribution in [2.45, 2.75) is 48.8 Å². The van der Waals surface area contributed by atoms with E-state index in [1.54, 1.807) is 0 Å². The Hall–Kier alpha value is 0.01000. The minimum Gasteiger partial charge on any atom is -0.326 e. The molecule has 1 unspecified atom stereocenters. The smallest absolute Gasteiger partial charge is 0.0599 e. The molecule has 1 nitrogen and oxygen atoms in total. The fraction of sp³-hybridized carbons (Fsp3) is 0.750. The van der Waals surface area contributed by atoms with Crippen LogP contribution in [0.25, 0.3) is 0 Å². The van der Waals surface area contributed by atoms with Crippen molar-refractivity contribution in [1.29, 1.82) is 0 Å². The van der Waals surface area contributed by atoms with Crippen LogP contribution in [0.5, 0.6) is 0 Å². The Morgan fingerprint density at radius 3 is 2.37 bits per heavy atom. The summed E-state index contributed by atoms with van der Waals surface area (Å²) in [6.45, 7) is 0. The molecule has 2 N–H and O–H groups in total. The van der Waals surface area contributed by atoms with Gasteiger partial charge in [-0.1, -0.05) is 6.07 Å². The van der Waals surface area contributed by atoms with Gasteiger partial charge >= 0.3 is 0 Å². The first-order valence-electron chi connectivity index (χ1n) is 7.65. The Morgan fingerprint density at radius 2 is 1.84 bits per heavy atom. The summed E-state index contributed by atoms with van der Waals surface area (Å²) in [6.07, 6.45) is 8.86. The van der Waals surface area contributed by atoms with Gasteiger partial charge in [0.1, 0.15) is 0 Å². The molecule has 0 saturated heterocycles. The lowest BCUT2D eigenvalue weighted by molar-refractivity contribution is -0.0629. The topological polar surface area (TPSA) is 26.0 Å². The van der Waals surface area contributed by atoms with Crippen molar-refractivity contribution in [2.24, 2.45) is 28.9 Å². The second-order valence-corrected chi connectivity index (χ2v) is 9.40. The van der Waals surface area contributed by atoms with Crippen LogP contribution in [-0.4, -0.2) is 11.8 Å². The number of thioether (sulfide) groups is 1. The van der Waals surface area contributed by atoms with Crippen LogP contribution in [0.4, 0.5) is 0 Å². The first kappa shape index (κ1) is 12.7. The van der Waals surface area contributed by atoms with Crippen molar-refractivity contribution in [3.8, 4) is 0 Å². The van der Waals surface area contributed by atoms with Gasteiger partial charge in [0.25, 0.3) is 0 Å². The van der Waals surface area contributed by atoms with Gasteiger partial charge < -0.3 is 5.73 Å². The largest absolute Gasteiger partial charge is 0.326 e. The second-order valence-electron chi connectivity index (χ2n) is 7.13. The number of hydrogen-bond acceptors (Lipinski definition) is 3. The van der Waals surface area contributed by atoms with Gasteiger partial charge in [-0.3, -0.25) is 0 Å². The van der Waals surface area contributed by atoms with E-state index >= 15 is 0 Å². The SMILES string of the molecule is NC(CSc1cccs1)C12CC3CC(CC(C3)C1)C2. The minimum atomic E-state index is 0.410. The molecule has 1 heterocycles. The minimum absolute atomic E-state index is 0.410. The average molecular weight is 294 g/mol. The summed E-state index contributed by atoms with van der Waals surface area (Å²) in [5.74, 6) is 4.17. The predicted molar refractivity (Wildman–Crippen MR) is 83.6 cm³/mol. The molecule has 1 aromatic rings. The summed E-state index contributed by atoms with van der Waals surface area (Å²) in [5, 5.41) is 2.17. The molecule has 4 bridgehead atoms. The summed E-state index contributed by atoms with van der Waals surface area (Å²) in [5.41, 5.74) is 7.19. The zero-order valence-electron chi connectivity index (χ0n) is 11.4. The molecule has 4 aliphatic rings. The number of rotatable bonds is 4. The Balaban J connectivity index is 1.45. The van der Waals surface area contributed by atoms with Gasteiger partial charge in [-0.05, 0) is 73.1 Å². The highest BCUT2D eigenvalue weighted by molar-refractivity contribution is 8.01. The number of hydrogen-bond donors (Lipinski definition) is 1. The van der Waals surface area contributed by atoms with Crippen LogP contribution in [0.3, 0.4) is 0 Å². The summed E-state index contributed by atoms with van der Waals surface area (Å²) in [6, 6.07) is 4.78. The summed E-state index contributed by atoms with van der Waals surface area (Å²) < 4.78 is 1.43. The monoisotopic (exact) mass is 293 g/mol. The Bertz CT molecular complexity index is 404. The van der Waals surface area contributed by atoms with Crippen molar-refractivity contribution >= 4 is 23.1 Å². The molecule has 5 rings (SSSR count). The third kappa shape index (κ3) is 2.28. The fourth-order valence-corrected chi connectivity index (χ4v) is 7.29. The number of thiophene rings is 1. The standard InChI is InChI=1S/C16H23NS2/c17-14(10-19-15-2-1-3-18-15)16-7-11-4-12(8-16)6-13(5-11)9-16/h1-3,11-14H,4-10,17H2. The molecule has 19 heavy (non-hydrogen) atoms. The fourth-order valence-electron chi connectivity index (χ4n) is 5.33. The lowest BCUT2D eigenvalue weighted by atomic mass is 9.48. The lowest BCUT2D eigenvalue weighted by Gasteiger charge is -2.59. The first-order chi connectivity index (χ1) is 9.23. The predicted octanol–water partition coefficient (Wildman–Crippen LogP) is 4.38. The maximum Gasteiger partial charge on any atom is 0.0599 e. The molecule has 4 saturated carbocycles. The van der Waals surface area contributed by atoms with Crippen molar-refractivity contribution in [2.75, 3.05) is 5.75 Å². The molecule has 4 fully saturated rings. The Kier molecular flexibility index (Phi) is 3.20. The molecule has 1 atom stereocenters. The van der Waals surface area contributed by atoms with Gasteiger partial charge in [-0.25, -0.2) is 0 Å². The number of nitrogens with two attached hydrogens (primary N) is 1. The molecular weight excluding hydrogens is 270 g/mol. The Labute approximate surface area is 124 Å². The van der Waals surface area contributed by atoms with Gasteiger partial charge in [-0.2, -0.15) is 0 Å². The summed E-state index contributed by atoms with van der Waals surface area (Å²) in [4.78, 5) is 0. The van der Waals surface area contributed by atoms with Crippen LogP contribution in [0.2, 0.25) is 0 Å². The molecule has 4 aliphatic carbocycles. The molecule has 0 aliphatic heterocycles. The zero-order valence-corrected chi connectivity index (χ0v) is 13.0. The van der Waals surface area contributed by atoms with Crippen molar-refractivity contribution < 1.29 is 0 Å². The highest BCUT2D eigenvalue weighted by Gasteiger charge is 2.53. The van der Waals surface area contributed by atoms with Gasteiger partial charge in [0, 0.05) is 11.8 Å². The molecule has 0 amide bonds. The van der Waals surface area contributed by atoms with Crippen LogP contribution < -0.4 is 5.73 Å². The van der Waals surface area contributed by atoms with Crippen molar-refractivity contribution in [3.05, 3.63) is 17.5 Å². The molecule has 104 valence electrons. The van der Waals surface area contributed by atoms with E-state index in [-0.39, 0.29) is 0 Å². The molecule has 0 aromatic carbocycles. The zero-order chi connectivity index (χ0) is 12.9.